The number of rotatable bonds is 7. The van der Waals surface area contributed by atoms with Crippen molar-refractivity contribution in [1.29, 1.82) is 0 Å². The maximum Gasteiger partial charge on any atom is 0.225 e. The summed E-state index contributed by atoms with van der Waals surface area (Å²) in [6.07, 6.45) is 5.52. The van der Waals surface area contributed by atoms with E-state index < -0.39 is 0 Å². The van der Waals surface area contributed by atoms with Gasteiger partial charge in [0.25, 0.3) is 0 Å². The number of amides is 1. The Morgan fingerprint density at radius 1 is 1.30 bits per heavy atom. The number of nitrogens with two attached hydrogens (primary N) is 1. The molecule has 0 radical (unpaired) electrons. The molecule has 0 aromatic carbocycles. The summed E-state index contributed by atoms with van der Waals surface area (Å²) in [6.45, 7) is 6.89. The second-order valence-corrected chi connectivity index (χ2v) is 6.55. The summed E-state index contributed by atoms with van der Waals surface area (Å²) < 4.78 is 0. The summed E-state index contributed by atoms with van der Waals surface area (Å²) >= 11 is 0. The van der Waals surface area contributed by atoms with E-state index in [1.54, 1.807) is 0 Å². The highest BCUT2D eigenvalue weighted by molar-refractivity contribution is 5.78. The number of hydrogen-bond donors (Lipinski definition) is 1. The van der Waals surface area contributed by atoms with Gasteiger partial charge < -0.3 is 15.5 Å². The Hall–Kier alpha value is -0.610. The second kappa shape index (κ2) is 8.63. The summed E-state index contributed by atoms with van der Waals surface area (Å²) in [6, 6.07) is 0.299. The van der Waals surface area contributed by atoms with Crippen LogP contribution in [0.1, 0.15) is 46.0 Å². The minimum absolute atomic E-state index is 0.126. The van der Waals surface area contributed by atoms with Gasteiger partial charge in [-0.3, -0.25) is 4.79 Å². The molecule has 3 unspecified atom stereocenters. The van der Waals surface area contributed by atoms with Crippen LogP contribution in [0.15, 0.2) is 0 Å². The zero-order valence-corrected chi connectivity index (χ0v) is 13.8. The van der Waals surface area contributed by atoms with Gasteiger partial charge in [-0.1, -0.05) is 13.3 Å². The molecule has 1 amide bonds. The fourth-order valence-corrected chi connectivity index (χ4v) is 3.21. The molecule has 4 nitrogen and oxygen atoms in total. The Balaban J connectivity index is 2.47. The van der Waals surface area contributed by atoms with Crippen LogP contribution < -0.4 is 5.73 Å². The average Bonchev–Trinajstić information content (AvgIpc) is 2.42. The van der Waals surface area contributed by atoms with Crippen LogP contribution in [0.5, 0.6) is 0 Å². The smallest absolute Gasteiger partial charge is 0.225 e. The van der Waals surface area contributed by atoms with Gasteiger partial charge in [-0.05, 0) is 59.2 Å². The highest BCUT2D eigenvalue weighted by Gasteiger charge is 2.30. The minimum Gasteiger partial charge on any atom is -0.343 e. The molecule has 0 heterocycles. The quantitative estimate of drug-likeness (QED) is 0.777. The van der Waals surface area contributed by atoms with Gasteiger partial charge >= 0.3 is 0 Å². The lowest BCUT2D eigenvalue weighted by Crippen LogP contribution is -2.41. The van der Waals surface area contributed by atoms with Crippen LogP contribution in [-0.2, 0) is 4.79 Å². The van der Waals surface area contributed by atoms with E-state index in [0.29, 0.717) is 17.9 Å². The molecule has 118 valence electrons. The Morgan fingerprint density at radius 2 is 2.00 bits per heavy atom. The number of carbonyl (C=O) groups is 1. The van der Waals surface area contributed by atoms with Gasteiger partial charge in [-0.15, -0.1) is 0 Å². The molecule has 1 fully saturated rings. The number of carbonyl (C=O) groups excluding carboxylic acids is 1. The highest BCUT2D eigenvalue weighted by Crippen LogP contribution is 2.30. The van der Waals surface area contributed by atoms with Crippen LogP contribution in [0.2, 0.25) is 0 Å². The first kappa shape index (κ1) is 17.4. The summed E-state index contributed by atoms with van der Waals surface area (Å²) in [7, 11) is 4.15. The van der Waals surface area contributed by atoms with Gasteiger partial charge in [0, 0.05) is 25.0 Å². The fraction of sp³-hybridized carbons (Fsp3) is 0.938. The first-order valence-corrected chi connectivity index (χ1v) is 8.14. The van der Waals surface area contributed by atoms with Crippen molar-refractivity contribution in [1.82, 2.24) is 9.80 Å². The molecule has 1 aliphatic rings. The van der Waals surface area contributed by atoms with Crippen LogP contribution in [-0.4, -0.2) is 55.5 Å². The Kier molecular flexibility index (Phi) is 7.52. The first-order valence-electron chi connectivity index (χ1n) is 8.14. The maximum absolute atomic E-state index is 12.6. The van der Waals surface area contributed by atoms with Gasteiger partial charge in [-0.25, -0.2) is 0 Å². The molecule has 0 spiro atoms. The van der Waals surface area contributed by atoms with Crippen molar-refractivity contribution >= 4 is 5.91 Å². The van der Waals surface area contributed by atoms with E-state index in [1.165, 1.54) is 6.42 Å². The summed E-state index contributed by atoms with van der Waals surface area (Å²) in [5.41, 5.74) is 6.05. The molecule has 1 rings (SSSR count). The van der Waals surface area contributed by atoms with Crippen LogP contribution >= 0.6 is 0 Å². The first-order chi connectivity index (χ1) is 9.45. The van der Waals surface area contributed by atoms with Gasteiger partial charge in [-0.2, -0.15) is 0 Å². The molecule has 1 saturated carbocycles. The molecule has 3 atom stereocenters. The predicted molar refractivity (Wildman–Crippen MR) is 84.5 cm³/mol. The van der Waals surface area contributed by atoms with Crippen molar-refractivity contribution in [2.45, 2.75) is 52.0 Å². The molecule has 0 saturated heterocycles. The normalized spacial score (nSPS) is 24.7. The van der Waals surface area contributed by atoms with Crippen molar-refractivity contribution in [3.8, 4) is 0 Å². The molecule has 2 N–H and O–H groups in total. The van der Waals surface area contributed by atoms with Crippen LogP contribution in [0.25, 0.3) is 0 Å². The van der Waals surface area contributed by atoms with Gasteiger partial charge in [0.1, 0.15) is 0 Å². The lowest BCUT2D eigenvalue weighted by Gasteiger charge is -2.33. The zero-order chi connectivity index (χ0) is 15.1. The van der Waals surface area contributed by atoms with Crippen molar-refractivity contribution in [3.63, 3.8) is 0 Å². The minimum atomic E-state index is 0.126. The van der Waals surface area contributed by atoms with Gasteiger partial charge in [0.2, 0.25) is 5.91 Å². The van der Waals surface area contributed by atoms with Crippen LogP contribution in [0.3, 0.4) is 0 Å². The Labute approximate surface area is 124 Å². The van der Waals surface area contributed by atoms with E-state index in [0.717, 1.165) is 45.3 Å². The molecule has 0 aromatic heterocycles. The van der Waals surface area contributed by atoms with E-state index in [-0.39, 0.29) is 5.92 Å². The summed E-state index contributed by atoms with van der Waals surface area (Å²) in [5, 5.41) is 0. The van der Waals surface area contributed by atoms with Crippen LogP contribution in [0, 0.1) is 11.8 Å². The average molecular weight is 283 g/mol. The number of nitrogens with zero attached hydrogens (tertiary/aromatic N) is 2. The van der Waals surface area contributed by atoms with Gasteiger partial charge in [0.15, 0.2) is 0 Å². The molecule has 0 aromatic rings. The van der Waals surface area contributed by atoms with E-state index >= 15 is 0 Å². The van der Waals surface area contributed by atoms with Gasteiger partial charge in [0.05, 0.1) is 0 Å². The molecule has 0 bridgehead atoms. The third-order valence-electron chi connectivity index (χ3n) is 4.58. The molecule has 4 heteroatoms. The fourth-order valence-electron chi connectivity index (χ4n) is 3.21. The Bertz CT molecular complexity index is 293. The number of hydrogen-bond acceptors (Lipinski definition) is 3. The SMILES string of the molecule is CCN(CCCN(C)C)C(=O)C(C)C1CCCC(N)C1. The monoisotopic (exact) mass is 283 g/mol. The second-order valence-electron chi connectivity index (χ2n) is 6.55. The topological polar surface area (TPSA) is 49.6 Å². The van der Waals surface area contributed by atoms with E-state index in [4.69, 9.17) is 5.73 Å². The van der Waals surface area contributed by atoms with E-state index in [9.17, 15) is 4.79 Å². The molecular weight excluding hydrogens is 250 g/mol. The third kappa shape index (κ3) is 5.41. The molecule has 1 aliphatic carbocycles. The van der Waals surface area contributed by atoms with Crippen molar-refractivity contribution in [2.75, 3.05) is 33.7 Å². The molecular formula is C16H33N3O. The maximum atomic E-state index is 12.6. The highest BCUT2D eigenvalue weighted by atomic mass is 16.2. The molecule has 20 heavy (non-hydrogen) atoms. The zero-order valence-electron chi connectivity index (χ0n) is 13.8. The van der Waals surface area contributed by atoms with Crippen molar-refractivity contribution in [3.05, 3.63) is 0 Å². The Morgan fingerprint density at radius 3 is 2.55 bits per heavy atom. The van der Waals surface area contributed by atoms with Crippen LogP contribution in [0.4, 0.5) is 0 Å². The largest absolute Gasteiger partial charge is 0.343 e. The van der Waals surface area contributed by atoms with Crippen molar-refractivity contribution in [2.24, 2.45) is 17.6 Å². The summed E-state index contributed by atoms with van der Waals surface area (Å²) in [4.78, 5) is 16.8. The molecule has 0 aliphatic heterocycles. The summed E-state index contributed by atoms with van der Waals surface area (Å²) in [5.74, 6) is 0.931. The standard InChI is InChI=1S/C16H33N3O/c1-5-19(11-7-10-18(3)4)16(20)13(2)14-8-6-9-15(17)12-14/h13-15H,5-12,17H2,1-4H3. The van der Waals surface area contributed by atoms with E-state index in [2.05, 4.69) is 32.8 Å². The third-order valence-corrected chi connectivity index (χ3v) is 4.58. The lowest BCUT2D eigenvalue weighted by molar-refractivity contribution is -0.137. The lowest BCUT2D eigenvalue weighted by atomic mass is 9.78. The predicted octanol–water partition coefficient (Wildman–Crippen LogP) is 1.94. The van der Waals surface area contributed by atoms with Crippen molar-refractivity contribution < 1.29 is 4.79 Å². The van der Waals surface area contributed by atoms with E-state index in [1.807, 2.05) is 4.90 Å².